The number of pyridine rings is 1. The number of rotatable bonds is 4. The van der Waals surface area contributed by atoms with Gasteiger partial charge in [-0.15, -0.1) is 0 Å². The van der Waals surface area contributed by atoms with Crippen molar-refractivity contribution in [1.82, 2.24) is 4.98 Å². The van der Waals surface area contributed by atoms with Crippen LogP contribution >= 0.6 is 0 Å². The first kappa shape index (κ1) is 11.3. The van der Waals surface area contributed by atoms with Crippen molar-refractivity contribution in [2.75, 3.05) is 0 Å². The topological polar surface area (TPSA) is 39.2 Å². The van der Waals surface area contributed by atoms with Gasteiger partial charge >= 0.3 is 0 Å². The molecule has 3 nitrogen and oxygen atoms in total. The van der Waals surface area contributed by atoms with Gasteiger partial charge in [-0.3, -0.25) is 9.78 Å². The number of hydrogen-bond acceptors (Lipinski definition) is 3. The Kier molecular flexibility index (Phi) is 3.50. The van der Waals surface area contributed by atoms with Crippen molar-refractivity contribution < 1.29 is 9.53 Å². The van der Waals surface area contributed by atoms with Crippen LogP contribution in [0.25, 0.3) is 0 Å². The molecule has 1 heterocycles. The van der Waals surface area contributed by atoms with Crippen molar-refractivity contribution in [3.05, 3.63) is 59.9 Å². The number of aldehydes is 1. The molecule has 0 spiro atoms. The number of carbonyl (C=O) groups is 1. The number of hydrogen-bond donors (Lipinski definition) is 0. The molecule has 17 heavy (non-hydrogen) atoms. The van der Waals surface area contributed by atoms with Gasteiger partial charge in [-0.2, -0.15) is 0 Å². The van der Waals surface area contributed by atoms with Crippen LogP contribution in [0.15, 0.2) is 48.8 Å². The van der Waals surface area contributed by atoms with E-state index >= 15 is 0 Å². The molecule has 3 heteroatoms. The second-order valence-electron chi connectivity index (χ2n) is 3.73. The summed E-state index contributed by atoms with van der Waals surface area (Å²) >= 11 is 0. The zero-order valence-electron chi connectivity index (χ0n) is 9.54. The largest absolute Gasteiger partial charge is 0.486 e. The van der Waals surface area contributed by atoms with Gasteiger partial charge in [0.2, 0.25) is 0 Å². The Bertz CT molecular complexity index is 497. The van der Waals surface area contributed by atoms with Crippen molar-refractivity contribution in [1.29, 1.82) is 0 Å². The minimum absolute atomic E-state index is 0.0695. The van der Waals surface area contributed by atoms with E-state index in [1.54, 1.807) is 30.6 Å². The third kappa shape index (κ3) is 2.91. The molecule has 0 aliphatic heterocycles. The van der Waals surface area contributed by atoms with E-state index in [2.05, 4.69) is 4.98 Å². The summed E-state index contributed by atoms with van der Waals surface area (Å²) in [5.74, 6) is 0.693. The lowest BCUT2D eigenvalue weighted by atomic mass is 10.1. The first-order valence-corrected chi connectivity index (χ1v) is 5.41. The van der Waals surface area contributed by atoms with E-state index in [-0.39, 0.29) is 6.10 Å². The quantitative estimate of drug-likeness (QED) is 0.753. The zero-order chi connectivity index (χ0) is 12.1. The summed E-state index contributed by atoms with van der Waals surface area (Å²) < 4.78 is 5.76. The van der Waals surface area contributed by atoms with Crippen LogP contribution in [0.3, 0.4) is 0 Å². The third-order valence-corrected chi connectivity index (χ3v) is 2.48. The van der Waals surface area contributed by atoms with Crippen LogP contribution in [-0.4, -0.2) is 11.3 Å². The molecule has 0 saturated heterocycles. The molecule has 0 bridgehead atoms. The molecule has 0 saturated carbocycles. The lowest BCUT2D eigenvalue weighted by Gasteiger charge is -2.14. The predicted octanol–water partition coefficient (Wildman–Crippen LogP) is 3.03. The molecule has 0 aliphatic rings. The smallest absolute Gasteiger partial charge is 0.150 e. The minimum Gasteiger partial charge on any atom is -0.486 e. The van der Waals surface area contributed by atoms with Crippen LogP contribution in [-0.2, 0) is 0 Å². The molecule has 1 atom stereocenters. The molecule has 0 amide bonds. The molecule has 1 aromatic carbocycles. The summed E-state index contributed by atoms with van der Waals surface area (Å²) in [5, 5.41) is 0. The lowest BCUT2D eigenvalue weighted by Crippen LogP contribution is -2.03. The fraction of sp³-hybridized carbons (Fsp3) is 0.143. The Morgan fingerprint density at radius 2 is 2.00 bits per heavy atom. The Morgan fingerprint density at radius 1 is 1.24 bits per heavy atom. The van der Waals surface area contributed by atoms with E-state index in [1.165, 1.54) is 0 Å². The summed E-state index contributed by atoms with van der Waals surface area (Å²) in [4.78, 5) is 14.6. The van der Waals surface area contributed by atoms with E-state index in [9.17, 15) is 4.79 Å². The summed E-state index contributed by atoms with van der Waals surface area (Å²) in [6.45, 7) is 1.96. The van der Waals surface area contributed by atoms with Crippen LogP contribution in [0.2, 0.25) is 0 Å². The molecule has 0 fully saturated rings. The summed E-state index contributed by atoms with van der Waals surface area (Å²) in [6.07, 6.45) is 4.21. The molecule has 0 radical (unpaired) electrons. The Hall–Kier alpha value is -2.16. The van der Waals surface area contributed by atoms with Gasteiger partial charge in [-0.25, -0.2) is 0 Å². The molecule has 0 N–H and O–H groups in total. The maximum Gasteiger partial charge on any atom is 0.150 e. The highest BCUT2D eigenvalue weighted by molar-refractivity contribution is 5.75. The van der Waals surface area contributed by atoms with Crippen molar-refractivity contribution in [2.45, 2.75) is 13.0 Å². The molecular weight excluding hydrogens is 214 g/mol. The minimum atomic E-state index is -0.0695. The fourth-order valence-corrected chi connectivity index (χ4v) is 1.57. The highest BCUT2D eigenvalue weighted by Gasteiger charge is 2.06. The fourth-order valence-electron chi connectivity index (χ4n) is 1.57. The second-order valence-corrected chi connectivity index (χ2v) is 3.73. The van der Waals surface area contributed by atoms with Gasteiger partial charge in [0.25, 0.3) is 0 Å². The SMILES string of the molecule is CC(Oc1cccc(C=O)c1)c1ccncc1. The molecule has 86 valence electrons. The maximum absolute atomic E-state index is 10.7. The van der Waals surface area contributed by atoms with E-state index in [1.807, 2.05) is 25.1 Å². The van der Waals surface area contributed by atoms with Crippen molar-refractivity contribution in [3.63, 3.8) is 0 Å². The van der Waals surface area contributed by atoms with Gasteiger partial charge < -0.3 is 4.74 Å². The average molecular weight is 227 g/mol. The zero-order valence-corrected chi connectivity index (χ0v) is 9.54. The third-order valence-electron chi connectivity index (χ3n) is 2.48. The lowest BCUT2D eigenvalue weighted by molar-refractivity contribution is 0.112. The van der Waals surface area contributed by atoms with Crippen molar-refractivity contribution in [2.24, 2.45) is 0 Å². The van der Waals surface area contributed by atoms with Gasteiger partial charge in [0, 0.05) is 18.0 Å². The Morgan fingerprint density at radius 3 is 2.71 bits per heavy atom. The van der Waals surface area contributed by atoms with Gasteiger partial charge in [0.05, 0.1) is 0 Å². The standard InChI is InChI=1S/C14H13NO2/c1-11(13-5-7-15-8-6-13)17-14-4-2-3-12(9-14)10-16/h2-11H,1H3. The summed E-state index contributed by atoms with van der Waals surface area (Å²) in [7, 11) is 0. The molecule has 1 unspecified atom stereocenters. The second kappa shape index (κ2) is 5.25. The molecule has 1 aromatic heterocycles. The van der Waals surface area contributed by atoms with Crippen LogP contribution < -0.4 is 4.74 Å². The van der Waals surface area contributed by atoms with Crippen LogP contribution in [0, 0.1) is 0 Å². The molecular formula is C14H13NO2. The monoisotopic (exact) mass is 227 g/mol. The van der Waals surface area contributed by atoms with E-state index < -0.39 is 0 Å². The summed E-state index contributed by atoms with van der Waals surface area (Å²) in [6, 6.07) is 10.9. The Balaban J connectivity index is 2.13. The average Bonchev–Trinajstić information content (AvgIpc) is 2.40. The van der Waals surface area contributed by atoms with Gasteiger partial charge in [0.1, 0.15) is 18.1 Å². The van der Waals surface area contributed by atoms with Gasteiger partial charge in [0.15, 0.2) is 0 Å². The molecule has 0 aliphatic carbocycles. The number of ether oxygens (including phenoxy) is 1. The van der Waals surface area contributed by atoms with E-state index in [0.717, 1.165) is 11.8 Å². The van der Waals surface area contributed by atoms with Crippen molar-refractivity contribution >= 4 is 6.29 Å². The summed E-state index contributed by atoms with van der Waals surface area (Å²) in [5.41, 5.74) is 1.67. The number of aromatic nitrogens is 1. The van der Waals surface area contributed by atoms with Gasteiger partial charge in [-0.05, 0) is 36.8 Å². The number of carbonyl (C=O) groups excluding carboxylic acids is 1. The van der Waals surface area contributed by atoms with E-state index in [4.69, 9.17) is 4.74 Å². The van der Waals surface area contributed by atoms with E-state index in [0.29, 0.717) is 11.3 Å². The first-order valence-electron chi connectivity index (χ1n) is 5.41. The first-order chi connectivity index (χ1) is 8.29. The van der Waals surface area contributed by atoms with Crippen LogP contribution in [0.5, 0.6) is 5.75 Å². The highest BCUT2D eigenvalue weighted by atomic mass is 16.5. The van der Waals surface area contributed by atoms with Crippen LogP contribution in [0.4, 0.5) is 0 Å². The highest BCUT2D eigenvalue weighted by Crippen LogP contribution is 2.21. The van der Waals surface area contributed by atoms with Gasteiger partial charge in [-0.1, -0.05) is 12.1 Å². The van der Waals surface area contributed by atoms with Crippen LogP contribution in [0.1, 0.15) is 28.9 Å². The molecule has 2 aromatic rings. The predicted molar refractivity (Wildman–Crippen MR) is 65.1 cm³/mol. The maximum atomic E-state index is 10.7. The van der Waals surface area contributed by atoms with Crippen molar-refractivity contribution in [3.8, 4) is 5.75 Å². The Labute approximate surface area is 100 Å². The molecule has 2 rings (SSSR count). The number of benzene rings is 1. The normalized spacial score (nSPS) is 11.8. The number of nitrogens with zero attached hydrogens (tertiary/aromatic N) is 1.